The third-order valence-corrected chi connectivity index (χ3v) is 6.00. The van der Waals surface area contributed by atoms with Gasteiger partial charge in [-0.2, -0.15) is 5.26 Å². The van der Waals surface area contributed by atoms with E-state index in [-0.39, 0.29) is 10.5 Å². The lowest BCUT2D eigenvalue weighted by molar-refractivity contribution is 0.0435. The van der Waals surface area contributed by atoms with E-state index in [1.807, 2.05) is 18.2 Å². The van der Waals surface area contributed by atoms with E-state index in [1.54, 1.807) is 12.1 Å². The number of hydrogen-bond donors (Lipinski definition) is 0. The number of para-hydroxylation sites is 1. The fourth-order valence-electron chi connectivity index (χ4n) is 2.91. The Hall–Kier alpha value is -2.85. The molecule has 134 valence electrons. The second kappa shape index (κ2) is 7.18. The molecule has 2 aromatic rings. The Bertz CT molecular complexity index is 979. The number of benzene rings is 2. The van der Waals surface area contributed by atoms with Crippen LogP contribution in [0.4, 0.5) is 5.69 Å². The molecule has 26 heavy (non-hydrogen) atoms. The molecule has 0 aromatic heterocycles. The molecule has 0 aliphatic carbocycles. The van der Waals surface area contributed by atoms with Crippen LogP contribution >= 0.6 is 0 Å². The number of sulfonamides is 1. The van der Waals surface area contributed by atoms with Crippen molar-refractivity contribution in [3.63, 3.8) is 0 Å². The molecule has 1 aliphatic rings. The third kappa shape index (κ3) is 3.41. The van der Waals surface area contributed by atoms with E-state index >= 15 is 0 Å². The molecule has 1 heterocycles. The highest BCUT2D eigenvalue weighted by molar-refractivity contribution is 7.92. The van der Waals surface area contributed by atoms with E-state index in [0.29, 0.717) is 12.2 Å². The minimum absolute atomic E-state index is 0.0215. The zero-order valence-electron chi connectivity index (χ0n) is 14.3. The van der Waals surface area contributed by atoms with E-state index in [9.17, 15) is 13.2 Å². The van der Waals surface area contributed by atoms with Crippen molar-refractivity contribution < 1.29 is 17.9 Å². The molecule has 0 saturated carbocycles. The maximum Gasteiger partial charge on any atom is 0.339 e. The minimum Gasteiger partial charge on any atom is -0.444 e. The molecular weight excluding hydrogens is 352 g/mol. The number of hydrogen-bond acceptors (Lipinski definition) is 5. The van der Waals surface area contributed by atoms with E-state index < -0.39 is 22.1 Å². The van der Waals surface area contributed by atoms with Crippen LogP contribution in [0.15, 0.2) is 53.4 Å². The quantitative estimate of drug-likeness (QED) is 0.772. The summed E-state index contributed by atoms with van der Waals surface area (Å²) in [5, 5.41) is 8.75. The smallest absolute Gasteiger partial charge is 0.339 e. The predicted octanol–water partition coefficient (Wildman–Crippen LogP) is 2.90. The molecule has 1 aliphatic heterocycles. The molecule has 1 atom stereocenters. The Kier molecular flexibility index (Phi) is 4.96. The Morgan fingerprint density at radius 1 is 1.23 bits per heavy atom. The standard InChI is InChI=1S/C19H18N2O4S/c1-14(13-20)25-19(22)16-7-4-9-17(12-16)26(23,24)21-11-5-8-15-6-2-3-10-18(15)21/h2-4,6-7,9-10,12,14H,5,8,11H2,1H3/t14-/m1/s1. The van der Waals surface area contributed by atoms with Crippen LogP contribution in [-0.4, -0.2) is 27.0 Å². The van der Waals surface area contributed by atoms with Gasteiger partial charge in [-0.15, -0.1) is 0 Å². The lowest BCUT2D eigenvalue weighted by Gasteiger charge is -2.30. The molecule has 0 amide bonds. The predicted molar refractivity (Wildman–Crippen MR) is 96.2 cm³/mol. The molecule has 0 radical (unpaired) electrons. The first-order chi connectivity index (χ1) is 12.4. The second-order valence-corrected chi connectivity index (χ2v) is 7.88. The summed E-state index contributed by atoms with van der Waals surface area (Å²) in [5.41, 5.74) is 1.75. The van der Waals surface area contributed by atoms with Crippen LogP contribution in [0.3, 0.4) is 0 Å². The van der Waals surface area contributed by atoms with Crippen LogP contribution in [0.25, 0.3) is 0 Å². The highest BCUT2D eigenvalue weighted by Crippen LogP contribution is 2.31. The van der Waals surface area contributed by atoms with Crippen molar-refractivity contribution in [2.24, 2.45) is 0 Å². The third-order valence-electron chi connectivity index (χ3n) is 4.19. The van der Waals surface area contributed by atoms with Gasteiger partial charge in [-0.1, -0.05) is 24.3 Å². The number of nitriles is 1. The van der Waals surface area contributed by atoms with Crippen LogP contribution in [0, 0.1) is 11.3 Å². The zero-order chi connectivity index (χ0) is 18.7. The lowest BCUT2D eigenvalue weighted by atomic mass is 10.0. The van der Waals surface area contributed by atoms with E-state index in [4.69, 9.17) is 10.00 Å². The van der Waals surface area contributed by atoms with E-state index in [0.717, 1.165) is 18.4 Å². The number of anilines is 1. The Balaban J connectivity index is 1.96. The number of aryl methyl sites for hydroxylation is 1. The van der Waals surface area contributed by atoms with Crippen LogP contribution in [0.5, 0.6) is 0 Å². The summed E-state index contributed by atoms with van der Waals surface area (Å²) < 4.78 is 32.6. The first kappa shape index (κ1) is 18.0. The molecule has 0 bridgehead atoms. The highest BCUT2D eigenvalue weighted by atomic mass is 32.2. The molecule has 0 fully saturated rings. The van der Waals surface area contributed by atoms with Crippen molar-refractivity contribution in [3.05, 3.63) is 59.7 Å². The Morgan fingerprint density at radius 3 is 2.77 bits per heavy atom. The number of ether oxygens (including phenoxy) is 1. The number of esters is 1. The molecule has 2 aromatic carbocycles. The number of nitrogens with zero attached hydrogens (tertiary/aromatic N) is 2. The van der Waals surface area contributed by atoms with Crippen molar-refractivity contribution in [1.29, 1.82) is 5.26 Å². The summed E-state index contributed by atoms with van der Waals surface area (Å²) in [7, 11) is -3.80. The van der Waals surface area contributed by atoms with Gasteiger partial charge in [-0.25, -0.2) is 13.2 Å². The fourth-order valence-corrected chi connectivity index (χ4v) is 4.50. The van der Waals surface area contributed by atoms with Gasteiger partial charge in [0.15, 0.2) is 6.10 Å². The minimum atomic E-state index is -3.80. The molecule has 3 rings (SSSR count). The molecular formula is C19H18N2O4S. The number of carbonyl (C=O) groups is 1. The summed E-state index contributed by atoms with van der Waals surface area (Å²) in [4.78, 5) is 12.1. The van der Waals surface area contributed by atoms with Gasteiger partial charge >= 0.3 is 5.97 Å². The molecule has 0 spiro atoms. The van der Waals surface area contributed by atoms with Crippen LogP contribution in [-0.2, 0) is 21.2 Å². The average Bonchev–Trinajstić information content (AvgIpc) is 2.67. The summed E-state index contributed by atoms with van der Waals surface area (Å²) in [5.74, 6) is -0.727. The number of rotatable bonds is 4. The normalized spacial score (nSPS) is 14.8. The van der Waals surface area contributed by atoms with Crippen LogP contribution in [0.1, 0.15) is 29.3 Å². The molecule has 7 heteroatoms. The first-order valence-corrected chi connectivity index (χ1v) is 9.69. The van der Waals surface area contributed by atoms with Crippen molar-refractivity contribution >= 4 is 21.7 Å². The van der Waals surface area contributed by atoms with Crippen molar-refractivity contribution in [2.45, 2.75) is 30.8 Å². The van der Waals surface area contributed by atoms with Gasteiger partial charge in [0.1, 0.15) is 6.07 Å². The Labute approximate surface area is 152 Å². The van der Waals surface area contributed by atoms with Gasteiger partial charge in [0.2, 0.25) is 0 Å². The summed E-state index contributed by atoms with van der Waals surface area (Å²) in [6.07, 6.45) is 0.662. The second-order valence-electron chi connectivity index (χ2n) is 6.01. The molecule has 0 N–H and O–H groups in total. The summed E-state index contributed by atoms with van der Waals surface area (Å²) >= 11 is 0. The summed E-state index contributed by atoms with van der Waals surface area (Å²) in [6.45, 7) is 1.84. The average molecular weight is 370 g/mol. The molecule has 0 unspecified atom stereocenters. The number of carbonyl (C=O) groups excluding carboxylic acids is 1. The van der Waals surface area contributed by atoms with Crippen molar-refractivity contribution in [3.8, 4) is 6.07 Å². The topological polar surface area (TPSA) is 87.5 Å². The largest absolute Gasteiger partial charge is 0.444 e. The van der Waals surface area contributed by atoms with Crippen molar-refractivity contribution in [2.75, 3.05) is 10.8 Å². The monoisotopic (exact) mass is 370 g/mol. The van der Waals surface area contributed by atoms with E-state index in [2.05, 4.69) is 0 Å². The van der Waals surface area contributed by atoms with Crippen LogP contribution in [0.2, 0.25) is 0 Å². The lowest BCUT2D eigenvalue weighted by Crippen LogP contribution is -2.35. The SMILES string of the molecule is C[C@H](C#N)OC(=O)c1cccc(S(=O)(=O)N2CCCc3ccccc32)c1. The first-order valence-electron chi connectivity index (χ1n) is 8.25. The van der Waals surface area contributed by atoms with Gasteiger partial charge in [0.25, 0.3) is 10.0 Å². The van der Waals surface area contributed by atoms with Crippen molar-refractivity contribution in [1.82, 2.24) is 0 Å². The maximum atomic E-state index is 13.1. The van der Waals surface area contributed by atoms with Gasteiger partial charge in [0.05, 0.1) is 16.1 Å². The van der Waals surface area contributed by atoms with E-state index in [1.165, 1.54) is 35.5 Å². The number of fused-ring (bicyclic) bond motifs is 1. The van der Waals surface area contributed by atoms with Gasteiger partial charge < -0.3 is 4.74 Å². The van der Waals surface area contributed by atoms with Gasteiger partial charge in [-0.05, 0) is 49.6 Å². The van der Waals surface area contributed by atoms with Gasteiger partial charge in [0, 0.05) is 6.54 Å². The highest BCUT2D eigenvalue weighted by Gasteiger charge is 2.29. The molecule has 6 nitrogen and oxygen atoms in total. The summed E-state index contributed by atoms with van der Waals surface area (Å²) in [6, 6.07) is 14.9. The maximum absolute atomic E-state index is 13.1. The van der Waals surface area contributed by atoms with Gasteiger partial charge in [-0.3, -0.25) is 4.31 Å². The fraction of sp³-hybridized carbons (Fsp3) is 0.263. The van der Waals surface area contributed by atoms with Crippen LogP contribution < -0.4 is 4.31 Å². The zero-order valence-corrected chi connectivity index (χ0v) is 15.1. The molecule has 0 saturated heterocycles. The Morgan fingerprint density at radius 2 is 2.00 bits per heavy atom.